The monoisotopic (exact) mass is 377 g/mol. The van der Waals surface area contributed by atoms with E-state index >= 15 is 0 Å². The Labute approximate surface area is 161 Å². The first-order valence-electron chi connectivity index (χ1n) is 10.2. The van der Waals surface area contributed by atoms with E-state index in [1.165, 1.54) is 18.9 Å². The van der Waals surface area contributed by atoms with Crippen molar-refractivity contribution in [2.24, 2.45) is 4.99 Å². The van der Waals surface area contributed by atoms with Crippen LogP contribution in [0.4, 0.5) is 4.39 Å². The third-order valence-corrected chi connectivity index (χ3v) is 5.38. The number of benzene rings is 1. The molecule has 2 aliphatic rings. The minimum atomic E-state index is -0.144. The van der Waals surface area contributed by atoms with E-state index in [9.17, 15) is 4.39 Å². The van der Waals surface area contributed by atoms with Crippen molar-refractivity contribution in [2.75, 3.05) is 39.9 Å². The lowest BCUT2D eigenvalue weighted by atomic mass is 10.1. The van der Waals surface area contributed by atoms with Crippen LogP contribution in [0.2, 0.25) is 0 Å². The Morgan fingerprint density at radius 3 is 2.78 bits per heavy atom. The molecule has 150 valence electrons. The molecule has 2 saturated heterocycles. The van der Waals surface area contributed by atoms with E-state index in [2.05, 4.69) is 15.2 Å². The molecule has 0 spiro atoms. The third kappa shape index (κ3) is 6.18. The Hall–Kier alpha value is -1.66. The second-order valence-corrected chi connectivity index (χ2v) is 7.32. The van der Waals surface area contributed by atoms with Gasteiger partial charge in [0.1, 0.15) is 5.82 Å². The summed E-state index contributed by atoms with van der Waals surface area (Å²) in [5, 5.41) is 3.36. The first kappa shape index (κ1) is 20.1. The number of hydrogen-bond donors (Lipinski definition) is 1. The summed E-state index contributed by atoms with van der Waals surface area (Å²) < 4.78 is 25.5. The molecule has 2 fully saturated rings. The summed E-state index contributed by atoms with van der Waals surface area (Å²) in [6, 6.07) is 6.93. The van der Waals surface area contributed by atoms with Crippen LogP contribution in [0.1, 0.15) is 37.7 Å². The lowest BCUT2D eigenvalue weighted by Crippen LogP contribution is -2.47. The van der Waals surface area contributed by atoms with Crippen LogP contribution in [0.3, 0.4) is 0 Å². The molecule has 0 saturated carbocycles. The zero-order chi connectivity index (χ0) is 18.9. The zero-order valence-electron chi connectivity index (χ0n) is 16.3. The molecule has 2 aliphatic heterocycles. The fraction of sp³-hybridized carbons (Fsp3) is 0.667. The molecule has 1 atom stereocenters. The van der Waals surface area contributed by atoms with Gasteiger partial charge in [0.25, 0.3) is 0 Å². The summed E-state index contributed by atoms with van der Waals surface area (Å²) in [4.78, 5) is 6.65. The molecule has 5 nitrogen and oxygen atoms in total. The Bertz CT molecular complexity index is 597. The zero-order valence-corrected chi connectivity index (χ0v) is 16.3. The molecule has 3 rings (SSSR count). The number of guanidine groups is 1. The fourth-order valence-electron chi connectivity index (χ4n) is 3.76. The van der Waals surface area contributed by atoms with E-state index in [1.54, 1.807) is 13.1 Å². The quantitative estimate of drug-likeness (QED) is 0.612. The maximum Gasteiger partial charge on any atom is 0.193 e. The Morgan fingerprint density at radius 2 is 2.07 bits per heavy atom. The van der Waals surface area contributed by atoms with Gasteiger partial charge in [0.2, 0.25) is 0 Å². The van der Waals surface area contributed by atoms with Crippen LogP contribution in [0.15, 0.2) is 29.3 Å². The van der Waals surface area contributed by atoms with Crippen molar-refractivity contribution in [3.8, 4) is 0 Å². The summed E-state index contributed by atoms with van der Waals surface area (Å²) in [7, 11) is 1.80. The van der Waals surface area contributed by atoms with Gasteiger partial charge in [-0.3, -0.25) is 4.99 Å². The molecular formula is C21H32FN3O2. The number of likely N-dealkylation sites (tertiary alicyclic amines) is 1. The highest BCUT2D eigenvalue weighted by Crippen LogP contribution is 2.18. The number of nitrogens with one attached hydrogen (secondary N) is 1. The van der Waals surface area contributed by atoms with Crippen LogP contribution in [-0.2, 0) is 15.9 Å². The summed E-state index contributed by atoms with van der Waals surface area (Å²) in [6.07, 6.45) is 6.79. The highest BCUT2D eigenvalue weighted by Gasteiger charge is 2.23. The summed E-state index contributed by atoms with van der Waals surface area (Å²) in [5.41, 5.74) is 0.734. The maximum absolute atomic E-state index is 13.7. The summed E-state index contributed by atoms with van der Waals surface area (Å²) >= 11 is 0. The predicted molar refractivity (Wildman–Crippen MR) is 106 cm³/mol. The van der Waals surface area contributed by atoms with Crippen molar-refractivity contribution < 1.29 is 13.9 Å². The summed E-state index contributed by atoms with van der Waals surface area (Å²) in [6.45, 7) is 4.12. The van der Waals surface area contributed by atoms with Crippen LogP contribution in [0.25, 0.3) is 0 Å². The molecule has 1 aromatic carbocycles. The molecule has 2 heterocycles. The average Bonchev–Trinajstić information content (AvgIpc) is 2.72. The number of hydrogen-bond acceptors (Lipinski definition) is 3. The lowest BCUT2D eigenvalue weighted by molar-refractivity contribution is -0.0721. The van der Waals surface area contributed by atoms with E-state index in [-0.39, 0.29) is 11.9 Å². The fourth-order valence-corrected chi connectivity index (χ4v) is 3.76. The molecule has 0 aliphatic carbocycles. The molecular weight excluding hydrogens is 345 g/mol. The van der Waals surface area contributed by atoms with Crippen molar-refractivity contribution in [3.63, 3.8) is 0 Å². The van der Waals surface area contributed by atoms with E-state index in [0.29, 0.717) is 19.1 Å². The minimum Gasteiger partial charge on any atom is -0.376 e. The Balaban J connectivity index is 1.36. The molecule has 0 radical (unpaired) electrons. The van der Waals surface area contributed by atoms with Gasteiger partial charge in [-0.1, -0.05) is 18.2 Å². The van der Waals surface area contributed by atoms with Gasteiger partial charge in [-0.2, -0.15) is 0 Å². The highest BCUT2D eigenvalue weighted by atomic mass is 19.1. The normalized spacial score (nSPS) is 22.1. The molecule has 1 unspecified atom stereocenters. The minimum absolute atomic E-state index is 0.144. The second-order valence-electron chi connectivity index (χ2n) is 7.32. The van der Waals surface area contributed by atoms with Gasteiger partial charge in [0.15, 0.2) is 5.96 Å². The largest absolute Gasteiger partial charge is 0.376 e. The van der Waals surface area contributed by atoms with Gasteiger partial charge in [0, 0.05) is 33.3 Å². The van der Waals surface area contributed by atoms with E-state index in [1.807, 2.05) is 12.1 Å². The van der Waals surface area contributed by atoms with Crippen LogP contribution in [0.5, 0.6) is 0 Å². The first-order chi connectivity index (χ1) is 13.3. The van der Waals surface area contributed by atoms with Gasteiger partial charge in [-0.05, 0) is 50.2 Å². The number of rotatable bonds is 6. The summed E-state index contributed by atoms with van der Waals surface area (Å²) in [5.74, 6) is 0.745. The predicted octanol–water partition coefficient (Wildman–Crippen LogP) is 2.99. The highest BCUT2D eigenvalue weighted by molar-refractivity contribution is 5.79. The van der Waals surface area contributed by atoms with Crippen molar-refractivity contribution in [1.29, 1.82) is 0 Å². The first-order valence-corrected chi connectivity index (χ1v) is 10.2. The van der Waals surface area contributed by atoms with E-state index < -0.39 is 0 Å². The molecule has 6 heteroatoms. The van der Waals surface area contributed by atoms with E-state index in [0.717, 1.165) is 57.1 Å². The average molecular weight is 378 g/mol. The number of nitrogens with zero attached hydrogens (tertiary/aromatic N) is 2. The van der Waals surface area contributed by atoms with Gasteiger partial charge in [-0.15, -0.1) is 0 Å². The van der Waals surface area contributed by atoms with Crippen LogP contribution >= 0.6 is 0 Å². The standard InChI is InChI=1S/C21H32FN3O2/c1-23-21(24-12-9-17-6-2-3-8-20(17)22)25-13-10-18(11-14-25)27-16-19-7-4-5-15-26-19/h2-3,6,8,18-19H,4-5,7,9-16H2,1H3,(H,23,24). The molecule has 27 heavy (non-hydrogen) atoms. The topological polar surface area (TPSA) is 46.1 Å². The van der Waals surface area contributed by atoms with Gasteiger partial charge >= 0.3 is 0 Å². The molecule has 0 bridgehead atoms. The van der Waals surface area contributed by atoms with Crippen LogP contribution in [0, 0.1) is 5.82 Å². The SMILES string of the molecule is CN=C(NCCc1ccccc1F)N1CCC(OCC2CCCCO2)CC1. The smallest absolute Gasteiger partial charge is 0.193 e. The number of piperidine rings is 1. The van der Waals surface area contributed by atoms with Crippen LogP contribution < -0.4 is 5.32 Å². The Kier molecular flexibility index (Phi) is 7.90. The molecule has 1 aromatic rings. The third-order valence-electron chi connectivity index (χ3n) is 5.38. The Morgan fingerprint density at radius 1 is 1.26 bits per heavy atom. The molecule has 0 aromatic heterocycles. The number of aliphatic imine (C=N–C) groups is 1. The number of ether oxygens (including phenoxy) is 2. The van der Waals surface area contributed by atoms with Gasteiger partial charge < -0.3 is 19.7 Å². The van der Waals surface area contributed by atoms with E-state index in [4.69, 9.17) is 9.47 Å². The maximum atomic E-state index is 13.7. The molecule has 1 N–H and O–H groups in total. The van der Waals surface area contributed by atoms with Gasteiger partial charge in [-0.25, -0.2) is 4.39 Å². The van der Waals surface area contributed by atoms with Crippen molar-refractivity contribution in [1.82, 2.24) is 10.2 Å². The van der Waals surface area contributed by atoms with Crippen molar-refractivity contribution in [2.45, 2.75) is 50.7 Å². The second kappa shape index (κ2) is 10.6. The van der Waals surface area contributed by atoms with Crippen LogP contribution in [-0.4, -0.2) is 63.0 Å². The lowest BCUT2D eigenvalue weighted by Gasteiger charge is -2.35. The van der Waals surface area contributed by atoms with Crippen molar-refractivity contribution in [3.05, 3.63) is 35.6 Å². The number of halogens is 1. The van der Waals surface area contributed by atoms with Gasteiger partial charge in [0.05, 0.1) is 18.8 Å². The molecule has 0 amide bonds. The van der Waals surface area contributed by atoms with Crippen molar-refractivity contribution >= 4 is 5.96 Å².